The first kappa shape index (κ1) is 25.3. The number of pyridine rings is 1. The lowest BCUT2D eigenvalue weighted by Crippen LogP contribution is -2.38. The molecule has 39 heavy (non-hydrogen) atoms. The topological polar surface area (TPSA) is 79.8 Å². The van der Waals surface area contributed by atoms with Gasteiger partial charge in [0.1, 0.15) is 11.6 Å². The van der Waals surface area contributed by atoms with Crippen molar-refractivity contribution in [3.8, 4) is 0 Å². The van der Waals surface area contributed by atoms with Crippen LogP contribution in [0, 0.1) is 11.6 Å². The van der Waals surface area contributed by atoms with E-state index in [0.29, 0.717) is 55.5 Å². The van der Waals surface area contributed by atoms with Crippen LogP contribution in [0.4, 0.5) is 27.6 Å². The number of hydrogen-bond donors (Lipinski definition) is 0. The van der Waals surface area contributed by atoms with Crippen LogP contribution in [0.2, 0.25) is 0 Å². The van der Waals surface area contributed by atoms with Gasteiger partial charge in [0.05, 0.1) is 23.3 Å². The zero-order valence-electron chi connectivity index (χ0n) is 20.5. The summed E-state index contributed by atoms with van der Waals surface area (Å²) in [5.41, 5.74) is 2.00. The number of carbonyl (C=O) groups excluding carboxylic acids is 1. The molecule has 1 unspecified atom stereocenters. The molecule has 2 saturated heterocycles. The van der Waals surface area contributed by atoms with Crippen LogP contribution in [0.3, 0.4) is 0 Å². The second-order valence-electron chi connectivity index (χ2n) is 9.80. The molecule has 2 fully saturated rings. The van der Waals surface area contributed by atoms with Crippen molar-refractivity contribution in [3.05, 3.63) is 77.3 Å². The lowest BCUT2D eigenvalue weighted by atomic mass is 9.96. The van der Waals surface area contributed by atoms with E-state index in [9.17, 15) is 26.7 Å². The molecule has 4 aromatic rings. The van der Waals surface area contributed by atoms with Crippen molar-refractivity contribution in [2.24, 2.45) is 0 Å². The monoisotopic (exact) mass is 546 g/mol. The number of carbonyl (C=O) groups is 1. The van der Waals surface area contributed by atoms with Crippen LogP contribution in [-0.4, -0.2) is 50.3 Å². The van der Waals surface area contributed by atoms with Gasteiger partial charge in [-0.05, 0) is 56.0 Å². The Hall–Kier alpha value is -4.03. The number of aromatic nitrogens is 4. The number of piperidine rings is 1. The van der Waals surface area contributed by atoms with Gasteiger partial charge in [0.15, 0.2) is 0 Å². The molecule has 8 nitrogen and oxygen atoms in total. The average Bonchev–Trinajstić information content (AvgIpc) is 3.68. The number of hydrogen-bond acceptors (Lipinski definition) is 6. The Kier molecular flexibility index (Phi) is 6.23. The number of rotatable bonds is 4. The molecule has 2 aliphatic rings. The van der Waals surface area contributed by atoms with E-state index >= 15 is 0 Å². The summed E-state index contributed by atoms with van der Waals surface area (Å²) in [7, 11) is 0. The predicted molar refractivity (Wildman–Crippen MR) is 128 cm³/mol. The Morgan fingerprint density at radius 3 is 2.54 bits per heavy atom. The third-order valence-electron chi connectivity index (χ3n) is 7.45. The summed E-state index contributed by atoms with van der Waals surface area (Å²) < 4.78 is 73.2. The number of anilines is 1. The molecule has 1 aromatic carbocycles. The molecule has 13 heteroatoms. The van der Waals surface area contributed by atoms with Crippen molar-refractivity contribution in [2.45, 2.75) is 43.8 Å². The van der Waals surface area contributed by atoms with E-state index in [4.69, 9.17) is 4.42 Å². The minimum absolute atomic E-state index is 0.0787. The van der Waals surface area contributed by atoms with Crippen LogP contribution in [0.5, 0.6) is 0 Å². The third kappa shape index (κ3) is 4.70. The highest BCUT2D eigenvalue weighted by molar-refractivity contribution is 6.01. The summed E-state index contributed by atoms with van der Waals surface area (Å²) in [5.74, 6) is -3.04. The van der Waals surface area contributed by atoms with Crippen molar-refractivity contribution in [1.82, 2.24) is 24.7 Å². The lowest BCUT2D eigenvalue weighted by Gasteiger charge is -2.30. The van der Waals surface area contributed by atoms with Gasteiger partial charge in [-0.2, -0.15) is 18.3 Å². The van der Waals surface area contributed by atoms with Crippen molar-refractivity contribution < 1.29 is 31.2 Å². The van der Waals surface area contributed by atoms with Crippen molar-refractivity contribution in [3.63, 3.8) is 0 Å². The van der Waals surface area contributed by atoms with E-state index in [2.05, 4.69) is 15.3 Å². The Morgan fingerprint density at radius 1 is 1.00 bits per heavy atom. The number of benzene rings is 1. The summed E-state index contributed by atoms with van der Waals surface area (Å²) in [6.45, 7) is 1.25. The number of nitrogens with zero attached hydrogens (tertiary/aromatic N) is 6. The highest BCUT2D eigenvalue weighted by atomic mass is 19.4. The van der Waals surface area contributed by atoms with E-state index in [1.54, 1.807) is 15.6 Å². The molecule has 2 aliphatic heterocycles. The maximum Gasteiger partial charge on any atom is 0.470 e. The highest BCUT2D eigenvalue weighted by Gasteiger charge is 2.39. The number of alkyl halides is 3. The second-order valence-corrected chi connectivity index (χ2v) is 9.80. The van der Waals surface area contributed by atoms with Gasteiger partial charge in [0.25, 0.3) is 5.91 Å². The first-order chi connectivity index (χ1) is 18.7. The minimum Gasteiger partial charge on any atom is -0.417 e. The zero-order valence-corrected chi connectivity index (χ0v) is 20.5. The van der Waals surface area contributed by atoms with Crippen LogP contribution < -0.4 is 4.90 Å². The molecule has 0 N–H and O–H groups in total. The van der Waals surface area contributed by atoms with Crippen LogP contribution in [0.1, 0.15) is 65.3 Å². The molecular formula is C26H23F5N6O2. The number of fused-ring (bicyclic) bond motifs is 1. The Bertz CT molecular complexity index is 1520. The predicted octanol–water partition coefficient (Wildman–Crippen LogP) is 5.38. The first-order valence-electron chi connectivity index (χ1n) is 12.6. The standard InChI is InChI=1S/C26H23F5N6O2/c27-16-3-4-20(28)18(12-16)21-2-1-8-36(21)17-7-11-37-22(13-17)19(14-32-37)24(38)35-9-5-15(6-10-35)23-33-34-25(39-23)26(29,30)31/h3-4,7,11-15,21H,1-2,5-6,8-10H2. The smallest absolute Gasteiger partial charge is 0.417 e. The van der Waals surface area contributed by atoms with Crippen LogP contribution in [0.25, 0.3) is 5.52 Å². The maximum atomic E-state index is 14.6. The molecule has 5 heterocycles. The fourth-order valence-corrected chi connectivity index (χ4v) is 5.50. The van der Waals surface area contributed by atoms with E-state index in [-0.39, 0.29) is 23.8 Å². The van der Waals surface area contributed by atoms with E-state index in [1.165, 1.54) is 12.3 Å². The molecule has 0 radical (unpaired) electrons. The van der Waals surface area contributed by atoms with E-state index < -0.39 is 23.7 Å². The lowest BCUT2D eigenvalue weighted by molar-refractivity contribution is -0.157. The van der Waals surface area contributed by atoms with Crippen LogP contribution >= 0.6 is 0 Å². The normalized spacial score (nSPS) is 18.8. The Labute approximate surface area is 219 Å². The molecule has 0 saturated carbocycles. The number of likely N-dealkylation sites (tertiary alicyclic amines) is 1. The van der Waals surface area contributed by atoms with Crippen molar-refractivity contribution >= 4 is 17.1 Å². The van der Waals surface area contributed by atoms with Crippen LogP contribution in [-0.2, 0) is 6.18 Å². The quantitative estimate of drug-likeness (QED) is 0.320. The number of halogens is 5. The van der Waals surface area contributed by atoms with Gasteiger partial charge < -0.3 is 14.2 Å². The van der Waals surface area contributed by atoms with Gasteiger partial charge in [-0.25, -0.2) is 13.3 Å². The summed E-state index contributed by atoms with van der Waals surface area (Å²) in [6, 6.07) is 6.77. The van der Waals surface area contributed by atoms with Crippen molar-refractivity contribution in [1.29, 1.82) is 0 Å². The van der Waals surface area contributed by atoms with Gasteiger partial charge in [-0.15, -0.1) is 10.2 Å². The highest BCUT2D eigenvalue weighted by Crippen LogP contribution is 2.38. The fraction of sp³-hybridized carbons (Fsp3) is 0.385. The fourth-order valence-electron chi connectivity index (χ4n) is 5.50. The van der Waals surface area contributed by atoms with E-state index in [0.717, 1.165) is 24.2 Å². The number of amides is 1. The molecule has 6 rings (SSSR count). The molecule has 204 valence electrons. The summed E-state index contributed by atoms with van der Waals surface area (Å²) >= 11 is 0. The molecule has 0 aliphatic carbocycles. The Balaban J connectivity index is 1.20. The Morgan fingerprint density at radius 2 is 1.79 bits per heavy atom. The molecule has 0 bridgehead atoms. The largest absolute Gasteiger partial charge is 0.470 e. The second kappa shape index (κ2) is 9.62. The van der Waals surface area contributed by atoms with Gasteiger partial charge in [0.2, 0.25) is 5.89 Å². The molecule has 0 spiro atoms. The molecule has 1 amide bonds. The average molecular weight is 546 g/mol. The first-order valence-corrected chi connectivity index (χ1v) is 12.6. The molecule has 1 atom stereocenters. The summed E-state index contributed by atoms with van der Waals surface area (Å²) in [6.07, 6.45) is 0.722. The zero-order chi connectivity index (χ0) is 27.3. The van der Waals surface area contributed by atoms with Gasteiger partial charge in [-0.3, -0.25) is 4.79 Å². The third-order valence-corrected chi connectivity index (χ3v) is 7.45. The minimum atomic E-state index is -4.70. The van der Waals surface area contributed by atoms with Crippen LogP contribution in [0.15, 0.2) is 47.1 Å². The van der Waals surface area contributed by atoms with E-state index in [1.807, 2.05) is 17.0 Å². The molecule has 3 aromatic heterocycles. The maximum absolute atomic E-state index is 14.6. The summed E-state index contributed by atoms with van der Waals surface area (Å²) in [5, 5.41) is 10.9. The summed E-state index contributed by atoms with van der Waals surface area (Å²) in [4.78, 5) is 17.1. The van der Waals surface area contributed by atoms with Gasteiger partial charge >= 0.3 is 12.1 Å². The SMILES string of the molecule is O=C(c1cnn2ccc(N3CCCC3c3cc(F)ccc3F)cc12)N1CCC(c2nnc(C(F)(F)F)o2)CC1. The molecular weight excluding hydrogens is 523 g/mol. The van der Waals surface area contributed by atoms with Crippen molar-refractivity contribution in [2.75, 3.05) is 24.5 Å². The van der Waals surface area contributed by atoms with Gasteiger partial charge in [0, 0.05) is 43.0 Å². The van der Waals surface area contributed by atoms with Gasteiger partial charge in [-0.1, -0.05) is 0 Å².